The summed E-state index contributed by atoms with van der Waals surface area (Å²) in [6, 6.07) is 6.51. The first kappa shape index (κ1) is 10.0. The van der Waals surface area contributed by atoms with Crippen molar-refractivity contribution in [3.63, 3.8) is 0 Å². The van der Waals surface area contributed by atoms with E-state index >= 15 is 0 Å². The fourth-order valence-corrected chi connectivity index (χ4v) is 1.63. The largest absolute Gasteiger partial charge is 0.464 e. The maximum atomic E-state index is 13.2. The van der Waals surface area contributed by atoms with Crippen molar-refractivity contribution in [2.45, 2.75) is 13.5 Å². The average Bonchev–Trinajstić information content (AvgIpc) is 2.63. The second-order valence-corrected chi connectivity index (χ2v) is 3.70. The Morgan fingerprint density at radius 3 is 2.87 bits per heavy atom. The summed E-state index contributed by atoms with van der Waals surface area (Å²) in [5, 5.41) is 0.468. The van der Waals surface area contributed by atoms with Crippen molar-refractivity contribution in [2.24, 2.45) is 0 Å². The van der Waals surface area contributed by atoms with E-state index in [2.05, 4.69) is 9.36 Å². The lowest BCUT2D eigenvalue weighted by atomic mass is 10.2. The third kappa shape index (κ3) is 2.50. The number of aryl methyl sites for hydroxylation is 1. The van der Waals surface area contributed by atoms with Crippen LogP contribution in [0.3, 0.4) is 0 Å². The van der Waals surface area contributed by atoms with Gasteiger partial charge in [0, 0.05) is 17.1 Å². The van der Waals surface area contributed by atoms with Crippen LogP contribution in [0.15, 0.2) is 24.3 Å². The van der Waals surface area contributed by atoms with Gasteiger partial charge in [-0.2, -0.15) is 9.36 Å². The van der Waals surface area contributed by atoms with Crippen LogP contribution in [0.1, 0.15) is 11.4 Å². The number of hydrogen-bond donors (Lipinski definition) is 0. The van der Waals surface area contributed by atoms with Crippen molar-refractivity contribution in [3.05, 3.63) is 41.5 Å². The number of nitrogens with zero attached hydrogens (tertiary/aromatic N) is 2. The smallest absolute Gasteiger partial charge is 0.293 e. The third-order valence-electron chi connectivity index (χ3n) is 1.82. The van der Waals surface area contributed by atoms with Crippen LogP contribution in [0.5, 0.6) is 5.19 Å². The van der Waals surface area contributed by atoms with E-state index in [1.165, 1.54) is 17.6 Å². The van der Waals surface area contributed by atoms with Crippen LogP contribution in [-0.4, -0.2) is 9.36 Å². The van der Waals surface area contributed by atoms with Gasteiger partial charge in [-0.3, -0.25) is 0 Å². The van der Waals surface area contributed by atoms with Crippen LogP contribution in [0.4, 0.5) is 4.39 Å². The quantitative estimate of drug-likeness (QED) is 0.803. The summed E-state index contributed by atoms with van der Waals surface area (Å²) in [6.07, 6.45) is 0. The van der Waals surface area contributed by atoms with E-state index in [9.17, 15) is 4.39 Å². The molecular weight excluding hydrogens is 215 g/mol. The van der Waals surface area contributed by atoms with Gasteiger partial charge in [-0.1, -0.05) is 18.2 Å². The van der Waals surface area contributed by atoms with E-state index in [1.54, 1.807) is 25.1 Å². The molecule has 0 spiro atoms. The molecule has 15 heavy (non-hydrogen) atoms. The van der Waals surface area contributed by atoms with Crippen LogP contribution in [0.2, 0.25) is 0 Å². The molecular formula is C10H9FN2OS. The predicted octanol–water partition coefficient (Wildman–Crippen LogP) is 2.56. The van der Waals surface area contributed by atoms with Crippen molar-refractivity contribution >= 4 is 11.5 Å². The van der Waals surface area contributed by atoms with E-state index in [0.29, 0.717) is 16.6 Å². The highest BCUT2D eigenvalue weighted by Crippen LogP contribution is 2.16. The maximum Gasteiger partial charge on any atom is 0.293 e. The summed E-state index contributed by atoms with van der Waals surface area (Å²) < 4.78 is 22.4. The second kappa shape index (κ2) is 4.35. The first-order valence-corrected chi connectivity index (χ1v) is 5.19. The molecule has 0 atom stereocenters. The van der Waals surface area contributed by atoms with E-state index in [1.807, 2.05) is 0 Å². The van der Waals surface area contributed by atoms with Gasteiger partial charge in [-0.25, -0.2) is 4.39 Å². The maximum absolute atomic E-state index is 13.2. The van der Waals surface area contributed by atoms with Gasteiger partial charge in [0.25, 0.3) is 5.19 Å². The molecule has 0 bridgehead atoms. The number of aromatic nitrogens is 2. The van der Waals surface area contributed by atoms with Crippen molar-refractivity contribution in [1.82, 2.24) is 9.36 Å². The molecule has 0 radical (unpaired) electrons. The van der Waals surface area contributed by atoms with Gasteiger partial charge in [0.05, 0.1) is 0 Å². The highest BCUT2D eigenvalue weighted by atomic mass is 32.1. The SMILES string of the molecule is Cc1nsc(OCc2ccccc2F)n1. The molecule has 1 aromatic heterocycles. The molecule has 3 nitrogen and oxygen atoms in total. The normalized spacial score (nSPS) is 10.3. The topological polar surface area (TPSA) is 35.0 Å². The first-order valence-electron chi connectivity index (χ1n) is 4.42. The number of halogens is 1. The zero-order valence-electron chi connectivity index (χ0n) is 8.11. The molecule has 0 saturated heterocycles. The highest BCUT2D eigenvalue weighted by Gasteiger charge is 2.04. The van der Waals surface area contributed by atoms with Crippen molar-refractivity contribution < 1.29 is 9.13 Å². The van der Waals surface area contributed by atoms with Gasteiger partial charge in [0.15, 0.2) is 0 Å². The molecule has 78 valence electrons. The molecule has 0 saturated carbocycles. The van der Waals surface area contributed by atoms with Crippen molar-refractivity contribution in [1.29, 1.82) is 0 Å². The Hall–Kier alpha value is -1.49. The molecule has 0 amide bonds. The molecule has 0 aliphatic heterocycles. The number of ether oxygens (including phenoxy) is 1. The summed E-state index contributed by atoms with van der Waals surface area (Å²) in [6.45, 7) is 1.97. The summed E-state index contributed by atoms with van der Waals surface area (Å²) in [5.41, 5.74) is 0.519. The fourth-order valence-electron chi connectivity index (χ4n) is 1.09. The minimum atomic E-state index is -0.265. The molecule has 1 heterocycles. The van der Waals surface area contributed by atoms with Crippen LogP contribution >= 0.6 is 11.5 Å². The summed E-state index contributed by atoms with van der Waals surface area (Å²) in [4.78, 5) is 4.02. The van der Waals surface area contributed by atoms with Crippen molar-refractivity contribution in [3.8, 4) is 5.19 Å². The van der Waals surface area contributed by atoms with E-state index < -0.39 is 0 Å². The summed E-state index contributed by atoms with van der Waals surface area (Å²) >= 11 is 1.17. The van der Waals surface area contributed by atoms with Gasteiger partial charge in [0.2, 0.25) is 0 Å². The molecule has 1 aromatic carbocycles. The molecule has 0 fully saturated rings. The highest BCUT2D eigenvalue weighted by molar-refractivity contribution is 7.07. The van der Waals surface area contributed by atoms with Crippen LogP contribution < -0.4 is 4.74 Å². The first-order chi connectivity index (χ1) is 7.25. The molecule has 0 aliphatic carbocycles. The predicted molar refractivity (Wildman–Crippen MR) is 55.4 cm³/mol. The van der Waals surface area contributed by atoms with Crippen LogP contribution in [-0.2, 0) is 6.61 Å². The Morgan fingerprint density at radius 2 is 2.20 bits per heavy atom. The molecule has 0 unspecified atom stereocenters. The minimum absolute atomic E-state index is 0.182. The van der Waals surface area contributed by atoms with Gasteiger partial charge >= 0.3 is 0 Å². The third-order valence-corrected chi connectivity index (χ3v) is 2.54. The molecule has 2 aromatic rings. The lowest BCUT2D eigenvalue weighted by Crippen LogP contribution is -1.97. The monoisotopic (exact) mass is 224 g/mol. The summed E-state index contributed by atoms with van der Waals surface area (Å²) in [7, 11) is 0. The number of benzene rings is 1. The van der Waals surface area contributed by atoms with Gasteiger partial charge < -0.3 is 4.74 Å². The molecule has 2 rings (SSSR count). The zero-order chi connectivity index (χ0) is 10.7. The van der Waals surface area contributed by atoms with Crippen molar-refractivity contribution in [2.75, 3.05) is 0 Å². The lowest BCUT2D eigenvalue weighted by molar-refractivity contribution is 0.298. The van der Waals surface area contributed by atoms with Crippen LogP contribution in [0, 0.1) is 12.7 Å². The van der Waals surface area contributed by atoms with Gasteiger partial charge in [-0.05, 0) is 13.0 Å². The minimum Gasteiger partial charge on any atom is -0.464 e. The van der Waals surface area contributed by atoms with E-state index in [0.717, 1.165) is 0 Å². The number of hydrogen-bond acceptors (Lipinski definition) is 4. The standard InChI is InChI=1S/C10H9FN2OS/c1-7-12-10(15-13-7)14-6-8-4-2-3-5-9(8)11/h2-5H,6H2,1H3. The Morgan fingerprint density at radius 1 is 1.40 bits per heavy atom. The van der Waals surface area contributed by atoms with Gasteiger partial charge in [0.1, 0.15) is 18.2 Å². The fraction of sp³-hybridized carbons (Fsp3) is 0.200. The van der Waals surface area contributed by atoms with Gasteiger partial charge in [-0.15, -0.1) is 0 Å². The number of rotatable bonds is 3. The average molecular weight is 224 g/mol. The Balaban J connectivity index is 2.02. The Labute approximate surface area is 90.7 Å². The van der Waals surface area contributed by atoms with E-state index in [-0.39, 0.29) is 12.4 Å². The van der Waals surface area contributed by atoms with Crippen LogP contribution in [0.25, 0.3) is 0 Å². The summed E-state index contributed by atoms with van der Waals surface area (Å²) in [5.74, 6) is 0.405. The van der Waals surface area contributed by atoms with E-state index in [4.69, 9.17) is 4.74 Å². The zero-order valence-corrected chi connectivity index (χ0v) is 8.92. The molecule has 0 aliphatic rings. The Bertz CT molecular complexity index is 458. The Kier molecular flexibility index (Phi) is 2.91. The molecule has 0 N–H and O–H groups in total. The second-order valence-electron chi connectivity index (χ2n) is 2.99. The lowest BCUT2D eigenvalue weighted by Gasteiger charge is -2.02. The molecule has 5 heteroatoms.